The first-order valence-electron chi connectivity index (χ1n) is 4.41. The van der Waals surface area contributed by atoms with Gasteiger partial charge in [-0.2, -0.15) is 0 Å². The number of hydrogen-bond donors (Lipinski definition) is 2. The molecule has 0 aliphatic heterocycles. The van der Waals surface area contributed by atoms with Crippen LogP contribution in [0.1, 0.15) is 30.7 Å². The zero-order valence-corrected chi connectivity index (χ0v) is 8.63. The fourth-order valence-electron chi connectivity index (χ4n) is 0.937. The molecule has 0 amide bonds. The smallest absolute Gasteiger partial charge is 0.142 e. The number of aliphatic hydroxyl groups is 1. The number of rotatable bonds is 1. The van der Waals surface area contributed by atoms with Crippen LogP contribution in [-0.2, 0) is 6.61 Å². The van der Waals surface area contributed by atoms with Gasteiger partial charge in [-0.3, -0.25) is 4.98 Å². The molecule has 74 valence electrons. The van der Waals surface area contributed by atoms with Crippen molar-refractivity contribution in [2.45, 2.75) is 34.3 Å². The van der Waals surface area contributed by atoms with Crippen molar-refractivity contribution in [1.29, 1.82) is 0 Å². The van der Waals surface area contributed by atoms with Crippen molar-refractivity contribution in [3.8, 4) is 5.75 Å². The summed E-state index contributed by atoms with van der Waals surface area (Å²) in [7, 11) is 0. The van der Waals surface area contributed by atoms with E-state index >= 15 is 0 Å². The van der Waals surface area contributed by atoms with Crippen molar-refractivity contribution in [3.63, 3.8) is 0 Å². The van der Waals surface area contributed by atoms with Crippen LogP contribution in [0.4, 0.5) is 0 Å². The average Bonchev–Trinajstić information content (AvgIpc) is 2.16. The zero-order chi connectivity index (χ0) is 10.4. The number of pyridine rings is 1. The van der Waals surface area contributed by atoms with Gasteiger partial charge < -0.3 is 10.2 Å². The van der Waals surface area contributed by atoms with Gasteiger partial charge in [0.2, 0.25) is 0 Å². The van der Waals surface area contributed by atoms with Crippen LogP contribution < -0.4 is 0 Å². The predicted molar refractivity (Wildman–Crippen MR) is 52.6 cm³/mol. The summed E-state index contributed by atoms with van der Waals surface area (Å²) in [4.78, 5) is 3.93. The summed E-state index contributed by atoms with van der Waals surface area (Å²) < 4.78 is 0. The van der Waals surface area contributed by atoms with Gasteiger partial charge in [-0.1, -0.05) is 13.8 Å². The van der Waals surface area contributed by atoms with Gasteiger partial charge in [-0.25, -0.2) is 0 Å². The van der Waals surface area contributed by atoms with E-state index in [-0.39, 0.29) is 12.4 Å². The van der Waals surface area contributed by atoms with Crippen molar-refractivity contribution >= 4 is 0 Å². The molecule has 0 bridgehead atoms. The summed E-state index contributed by atoms with van der Waals surface area (Å²) in [6.45, 7) is 7.37. The lowest BCUT2D eigenvalue weighted by molar-refractivity contribution is 0.274. The number of aryl methyl sites for hydroxylation is 2. The molecule has 2 N–H and O–H groups in total. The Balaban J connectivity index is 0.000000671. The maximum Gasteiger partial charge on any atom is 0.142 e. The highest BCUT2D eigenvalue weighted by atomic mass is 16.3. The van der Waals surface area contributed by atoms with Gasteiger partial charge in [0.25, 0.3) is 0 Å². The molecular weight excluding hydrogens is 166 g/mol. The number of aromatic nitrogens is 1. The van der Waals surface area contributed by atoms with E-state index in [0.29, 0.717) is 11.3 Å². The Morgan fingerprint density at radius 2 is 1.85 bits per heavy atom. The molecule has 0 radical (unpaired) electrons. The second-order valence-corrected chi connectivity index (χ2v) is 2.51. The molecule has 0 saturated carbocycles. The van der Waals surface area contributed by atoms with Crippen LogP contribution in [-0.4, -0.2) is 15.2 Å². The van der Waals surface area contributed by atoms with E-state index in [2.05, 4.69) is 4.98 Å². The molecule has 0 saturated heterocycles. The number of hydrogen-bond acceptors (Lipinski definition) is 3. The maximum atomic E-state index is 9.36. The minimum Gasteiger partial charge on any atom is -0.506 e. The van der Waals surface area contributed by atoms with Crippen molar-refractivity contribution in [2.75, 3.05) is 0 Å². The Bertz CT molecular complexity index is 272. The lowest BCUT2D eigenvalue weighted by Gasteiger charge is -2.05. The third kappa shape index (κ3) is 2.70. The number of nitrogens with zero attached hydrogens (tertiary/aromatic N) is 1. The van der Waals surface area contributed by atoms with Crippen LogP contribution in [0.2, 0.25) is 0 Å². The van der Waals surface area contributed by atoms with Gasteiger partial charge in [0.1, 0.15) is 5.75 Å². The molecule has 0 aliphatic carbocycles. The van der Waals surface area contributed by atoms with Crippen LogP contribution in [0.3, 0.4) is 0 Å². The first-order chi connectivity index (χ1) is 6.16. The van der Waals surface area contributed by atoms with Crippen LogP contribution in [0.25, 0.3) is 0 Å². The SMILES string of the molecule is CC.Cc1cnc(C)c(O)c1CO. The highest BCUT2D eigenvalue weighted by Crippen LogP contribution is 2.22. The molecule has 1 aromatic rings. The number of aromatic hydroxyl groups is 1. The molecule has 0 spiro atoms. The van der Waals surface area contributed by atoms with Crippen LogP contribution >= 0.6 is 0 Å². The second kappa shape index (κ2) is 5.54. The summed E-state index contributed by atoms with van der Waals surface area (Å²) in [5, 5.41) is 18.2. The normalized spacial score (nSPS) is 9.00. The molecule has 0 aromatic carbocycles. The van der Waals surface area contributed by atoms with Gasteiger partial charge >= 0.3 is 0 Å². The molecule has 0 atom stereocenters. The fourth-order valence-corrected chi connectivity index (χ4v) is 0.937. The van der Waals surface area contributed by atoms with Gasteiger partial charge in [0.15, 0.2) is 0 Å². The average molecular weight is 183 g/mol. The van der Waals surface area contributed by atoms with Crippen molar-refractivity contribution in [1.82, 2.24) is 4.98 Å². The molecule has 1 rings (SSSR count). The second-order valence-electron chi connectivity index (χ2n) is 2.51. The Hall–Kier alpha value is -1.09. The molecule has 1 heterocycles. The first-order valence-corrected chi connectivity index (χ1v) is 4.41. The number of aliphatic hydroxyl groups excluding tert-OH is 1. The highest BCUT2D eigenvalue weighted by Gasteiger charge is 2.06. The molecule has 0 aliphatic rings. The summed E-state index contributed by atoms with van der Waals surface area (Å²) in [5.74, 6) is 0.104. The fraction of sp³-hybridized carbons (Fsp3) is 0.500. The molecule has 0 fully saturated rings. The minimum atomic E-state index is -0.138. The molecular formula is C10H17NO2. The minimum absolute atomic E-state index is 0.104. The molecule has 0 unspecified atom stereocenters. The Morgan fingerprint density at radius 1 is 1.31 bits per heavy atom. The third-order valence-electron chi connectivity index (χ3n) is 1.71. The molecule has 1 aromatic heterocycles. The predicted octanol–water partition coefficient (Wildman–Crippen LogP) is 1.92. The van der Waals surface area contributed by atoms with Crippen molar-refractivity contribution in [2.24, 2.45) is 0 Å². The van der Waals surface area contributed by atoms with E-state index in [1.54, 1.807) is 20.0 Å². The Kier molecular flexibility index (Phi) is 5.07. The summed E-state index contributed by atoms with van der Waals surface area (Å²) in [6, 6.07) is 0. The summed E-state index contributed by atoms with van der Waals surface area (Å²) >= 11 is 0. The zero-order valence-electron chi connectivity index (χ0n) is 8.63. The highest BCUT2D eigenvalue weighted by molar-refractivity contribution is 5.39. The van der Waals surface area contributed by atoms with Crippen LogP contribution in [0.15, 0.2) is 6.20 Å². The monoisotopic (exact) mass is 183 g/mol. The van der Waals surface area contributed by atoms with E-state index < -0.39 is 0 Å². The molecule has 3 nitrogen and oxygen atoms in total. The van der Waals surface area contributed by atoms with Gasteiger partial charge in [0, 0.05) is 11.8 Å². The lowest BCUT2D eigenvalue weighted by Crippen LogP contribution is -1.93. The van der Waals surface area contributed by atoms with Gasteiger partial charge in [0.05, 0.1) is 12.3 Å². The van der Waals surface area contributed by atoms with Crippen molar-refractivity contribution < 1.29 is 10.2 Å². The topological polar surface area (TPSA) is 53.4 Å². The van der Waals surface area contributed by atoms with Gasteiger partial charge in [-0.15, -0.1) is 0 Å². The standard InChI is InChI=1S/C8H11NO2.C2H6/c1-5-3-9-6(2)8(11)7(5)4-10;1-2/h3,10-11H,4H2,1-2H3;1-2H3. The maximum absolute atomic E-state index is 9.36. The summed E-state index contributed by atoms with van der Waals surface area (Å²) in [6.07, 6.45) is 1.64. The first kappa shape index (κ1) is 11.9. The van der Waals surface area contributed by atoms with E-state index in [1.807, 2.05) is 13.8 Å². The van der Waals surface area contributed by atoms with E-state index in [1.165, 1.54) is 0 Å². The summed E-state index contributed by atoms with van der Waals surface area (Å²) in [5.41, 5.74) is 1.94. The quantitative estimate of drug-likeness (QED) is 0.699. The Labute approximate surface area is 79.1 Å². The van der Waals surface area contributed by atoms with E-state index in [9.17, 15) is 5.11 Å². The third-order valence-corrected chi connectivity index (χ3v) is 1.71. The van der Waals surface area contributed by atoms with Crippen molar-refractivity contribution in [3.05, 3.63) is 23.0 Å². The molecule has 3 heteroatoms. The van der Waals surface area contributed by atoms with E-state index in [0.717, 1.165) is 5.56 Å². The lowest BCUT2D eigenvalue weighted by atomic mass is 10.1. The van der Waals surface area contributed by atoms with Gasteiger partial charge in [-0.05, 0) is 19.4 Å². The largest absolute Gasteiger partial charge is 0.506 e. The molecule has 13 heavy (non-hydrogen) atoms. The van der Waals surface area contributed by atoms with Crippen LogP contribution in [0.5, 0.6) is 5.75 Å². The Morgan fingerprint density at radius 3 is 2.23 bits per heavy atom. The van der Waals surface area contributed by atoms with Crippen LogP contribution in [0, 0.1) is 13.8 Å². The van der Waals surface area contributed by atoms with E-state index in [4.69, 9.17) is 5.11 Å².